The van der Waals surface area contributed by atoms with Gasteiger partial charge in [-0.1, -0.05) is 30.3 Å². The second-order valence-electron chi connectivity index (χ2n) is 7.77. The van der Waals surface area contributed by atoms with E-state index in [2.05, 4.69) is 22.8 Å². The second-order valence-corrected chi connectivity index (χ2v) is 7.77. The van der Waals surface area contributed by atoms with E-state index in [0.717, 1.165) is 49.4 Å². The lowest BCUT2D eigenvalue weighted by molar-refractivity contribution is 0.208. The first-order chi connectivity index (χ1) is 13.8. The summed E-state index contributed by atoms with van der Waals surface area (Å²) in [5.41, 5.74) is 2.19. The molecule has 2 aliphatic rings. The van der Waals surface area contributed by atoms with Gasteiger partial charge in [0, 0.05) is 31.4 Å². The number of ether oxygens (including phenoxy) is 1. The van der Waals surface area contributed by atoms with Crippen LogP contribution in [0, 0.1) is 0 Å². The van der Waals surface area contributed by atoms with Crippen molar-refractivity contribution in [3.8, 4) is 5.75 Å². The predicted molar refractivity (Wildman–Crippen MR) is 112 cm³/mol. The molecule has 28 heavy (non-hydrogen) atoms. The van der Waals surface area contributed by atoms with Crippen LogP contribution in [-0.4, -0.2) is 36.2 Å². The third kappa shape index (κ3) is 4.97. The van der Waals surface area contributed by atoms with Gasteiger partial charge in [-0.05, 0) is 61.9 Å². The number of para-hydroxylation sites is 1. The lowest BCUT2D eigenvalue weighted by atomic mass is 10.2. The van der Waals surface area contributed by atoms with Crippen molar-refractivity contribution < 1.29 is 9.53 Å². The van der Waals surface area contributed by atoms with Gasteiger partial charge in [-0.25, -0.2) is 4.79 Å². The van der Waals surface area contributed by atoms with E-state index in [1.165, 1.54) is 12.8 Å². The second kappa shape index (κ2) is 9.00. The molecule has 4 rings (SSSR count). The molecule has 2 aromatic carbocycles. The molecule has 0 aromatic heterocycles. The first-order valence-corrected chi connectivity index (χ1v) is 10.4. The SMILES string of the molecule is O=C(NCc1ccc(OC2CCCC2)cc1)N1CCC(Nc2ccccc2)C1. The van der Waals surface area contributed by atoms with Gasteiger partial charge in [0.2, 0.25) is 0 Å². The molecule has 1 saturated heterocycles. The quantitative estimate of drug-likeness (QED) is 0.782. The Morgan fingerprint density at radius 2 is 1.75 bits per heavy atom. The molecule has 2 fully saturated rings. The largest absolute Gasteiger partial charge is 0.490 e. The van der Waals surface area contributed by atoms with E-state index < -0.39 is 0 Å². The van der Waals surface area contributed by atoms with Crippen LogP contribution in [0.3, 0.4) is 0 Å². The minimum Gasteiger partial charge on any atom is -0.490 e. The Morgan fingerprint density at radius 3 is 2.50 bits per heavy atom. The monoisotopic (exact) mass is 379 g/mol. The molecule has 2 amide bonds. The summed E-state index contributed by atoms with van der Waals surface area (Å²) in [6.45, 7) is 2.05. The fraction of sp³-hybridized carbons (Fsp3) is 0.435. The Kier molecular flexibility index (Phi) is 6.00. The van der Waals surface area contributed by atoms with Crippen LogP contribution < -0.4 is 15.4 Å². The van der Waals surface area contributed by atoms with Crippen molar-refractivity contribution in [2.24, 2.45) is 0 Å². The molecule has 1 heterocycles. The molecule has 2 N–H and O–H groups in total. The third-order valence-electron chi connectivity index (χ3n) is 5.59. The number of rotatable bonds is 6. The summed E-state index contributed by atoms with van der Waals surface area (Å²) < 4.78 is 6.00. The van der Waals surface area contributed by atoms with Crippen LogP contribution in [0.4, 0.5) is 10.5 Å². The van der Waals surface area contributed by atoms with E-state index in [1.807, 2.05) is 47.4 Å². The number of likely N-dealkylation sites (tertiary alicyclic amines) is 1. The molecule has 148 valence electrons. The molecule has 1 aliphatic carbocycles. The summed E-state index contributed by atoms with van der Waals surface area (Å²) in [5, 5.41) is 6.54. The Bertz CT molecular complexity index is 757. The molecule has 0 radical (unpaired) electrons. The fourth-order valence-corrected chi connectivity index (χ4v) is 4.01. The average molecular weight is 380 g/mol. The molecule has 2 aromatic rings. The highest BCUT2D eigenvalue weighted by molar-refractivity contribution is 5.74. The minimum atomic E-state index is 0.00337. The summed E-state index contributed by atoms with van der Waals surface area (Å²) in [5.74, 6) is 0.927. The van der Waals surface area contributed by atoms with Crippen LogP contribution in [0.1, 0.15) is 37.7 Å². The molecule has 0 bridgehead atoms. The Morgan fingerprint density at radius 1 is 1.00 bits per heavy atom. The zero-order chi connectivity index (χ0) is 19.2. The molecule has 0 spiro atoms. The van der Waals surface area contributed by atoms with Crippen molar-refractivity contribution in [2.45, 2.75) is 50.8 Å². The van der Waals surface area contributed by atoms with Gasteiger partial charge in [-0.3, -0.25) is 0 Å². The standard InChI is InChI=1S/C23H29N3O2/c27-23(26-15-14-20(17-26)25-19-6-2-1-3-7-19)24-16-18-10-12-22(13-11-18)28-21-8-4-5-9-21/h1-3,6-7,10-13,20-21,25H,4-5,8-9,14-17H2,(H,24,27). The lowest BCUT2D eigenvalue weighted by Crippen LogP contribution is -2.39. The normalized spacial score (nSPS) is 19.6. The highest BCUT2D eigenvalue weighted by atomic mass is 16.5. The van der Waals surface area contributed by atoms with Gasteiger partial charge >= 0.3 is 6.03 Å². The highest BCUT2D eigenvalue weighted by Crippen LogP contribution is 2.24. The van der Waals surface area contributed by atoms with Gasteiger partial charge in [-0.15, -0.1) is 0 Å². The van der Waals surface area contributed by atoms with E-state index in [1.54, 1.807) is 0 Å². The Labute approximate surface area is 167 Å². The van der Waals surface area contributed by atoms with E-state index in [4.69, 9.17) is 4.74 Å². The van der Waals surface area contributed by atoms with E-state index >= 15 is 0 Å². The zero-order valence-corrected chi connectivity index (χ0v) is 16.3. The zero-order valence-electron chi connectivity index (χ0n) is 16.3. The van der Waals surface area contributed by atoms with E-state index in [9.17, 15) is 4.79 Å². The van der Waals surface area contributed by atoms with Crippen LogP contribution in [0.25, 0.3) is 0 Å². The molecular weight excluding hydrogens is 350 g/mol. The van der Waals surface area contributed by atoms with Crippen LogP contribution in [0.5, 0.6) is 5.75 Å². The van der Waals surface area contributed by atoms with Crippen molar-refractivity contribution in [3.05, 3.63) is 60.2 Å². The summed E-state index contributed by atoms with van der Waals surface area (Å²) in [6, 6.07) is 18.6. The van der Waals surface area contributed by atoms with Crippen molar-refractivity contribution in [3.63, 3.8) is 0 Å². The summed E-state index contributed by atoms with van der Waals surface area (Å²) in [6.07, 6.45) is 6.20. The van der Waals surface area contributed by atoms with Crippen molar-refractivity contribution in [1.82, 2.24) is 10.2 Å². The molecule has 1 unspecified atom stereocenters. The van der Waals surface area contributed by atoms with Crippen LogP contribution in [0.2, 0.25) is 0 Å². The highest BCUT2D eigenvalue weighted by Gasteiger charge is 2.25. The molecular formula is C23H29N3O2. The van der Waals surface area contributed by atoms with E-state index in [-0.39, 0.29) is 6.03 Å². The lowest BCUT2D eigenvalue weighted by Gasteiger charge is -2.18. The molecule has 1 aliphatic heterocycles. The molecule has 1 saturated carbocycles. The Balaban J connectivity index is 1.21. The van der Waals surface area contributed by atoms with Gasteiger partial charge in [0.1, 0.15) is 5.75 Å². The number of hydrogen-bond acceptors (Lipinski definition) is 3. The molecule has 5 nitrogen and oxygen atoms in total. The van der Waals surface area contributed by atoms with Gasteiger partial charge in [0.15, 0.2) is 0 Å². The smallest absolute Gasteiger partial charge is 0.317 e. The third-order valence-corrected chi connectivity index (χ3v) is 5.59. The van der Waals surface area contributed by atoms with Crippen LogP contribution in [0.15, 0.2) is 54.6 Å². The minimum absolute atomic E-state index is 0.00337. The number of benzene rings is 2. The van der Waals surface area contributed by atoms with Gasteiger partial charge in [0.25, 0.3) is 0 Å². The fourth-order valence-electron chi connectivity index (χ4n) is 4.01. The summed E-state index contributed by atoms with van der Waals surface area (Å²) in [4.78, 5) is 14.4. The number of hydrogen-bond donors (Lipinski definition) is 2. The first kappa shape index (κ1) is 18.7. The number of anilines is 1. The molecule has 1 atom stereocenters. The number of amides is 2. The maximum atomic E-state index is 12.5. The number of nitrogens with one attached hydrogen (secondary N) is 2. The maximum Gasteiger partial charge on any atom is 0.317 e. The number of carbonyl (C=O) groups is 1. The van der Waals surface area contributed by atoms with Crippen molar-refractivity contribution in [2.75, 3.05) is 18.4 Å². The molecule has 5 heteroatoms. The van der Waals surface area contributed by atoms with Gasteiger partial charge in [0.05, 0.1) is 6.10 Å². The average Bonchev–Trinajstić information content (AvgIpc) is 3.40. The summed E-state index contributed by atoms with van der Waals surface area (Å²) in [7, 11) is 0. The topological polar surface area (TPSA) is 53.6 Å². The van der Waals surface area contributed by atoms with Crippen LogP contribution in [-0.2, 0) is 6.54 Å². The van der Waals surface area contributed by atoms with Gasteiger partial charge < -0.3 is 20.3 Å². The first-order valence-electron chi connectivity index (χ1n) is 10.4. The van der Waals surface area contributed by atoms with Crippen molar-refractivity contribution in [1.29, 1.82) is 0 Å². The Hall–Kier alpha value is -2.69. The predicted octanol–water partition coefficient (Wildman–Crippen LogP) is 4.40. The number of urea groups is 1. The van der Waals surface area contributed by atoms with Crippen molar-refractivity contribution >= 4 is 11.7 Å². The summed E-state index contributed by atoms with van der Waals surface area (Å²) >= 11 is 0. The van der Waals surface area contributed by atoms with E-state index in [0.29, 0.717) is 18.7 Å². The number of nitrogens with zero attached hydrogens (tertiary/aromatic N) is 1. The van der Waals surface area contributed by atoms with Crippen LogP contribution >= 0.6 is 0 Å². The maximum absolute atomic E-state index is 12.5. The van der Waals surface area contributed by atoms with Gasteiger partial charge in [-0.2, -0.15) is 0 Å². The number of carbonyl (C=O) groups excluding carboxylic acids is 1.